The van der Waals surface area contributed by atoms with E-state index in [0.29, 0.717) is 28.5 Å². The first-order chi connectivity index (χ1) is 12.1. The summed E-state index contributed by atoms with van der Waals surface area (Å²) in [5.74, 6) is 0.601. The summed E-state index contributed by atoms with van der Waals surface area (Å²) in [5, 5.41) is 2.62. The minimum Gasteiger partial charge on any atom is -0.497 e. The van der Waals surface area contributed by atoms with E-state index >= 15 is 0 Å². The molecule has 7 nitrogen and oxygen atoms in total. The molecule has 0 bridgehead atoms. The van der Waals surface area contributed by atoms with Crippen molar-refractivity contribution in [1.29, 1.82) is 0 Å². The van der Waals surface area contributed by atoms with E-state index < -0.39 is 18.5 Å². The summed E-state index contributed by atoms with van der Waals surface area (Å²) >= 11 is 0. The molecule has 0 saturated carbocycles. The van der Waals surface area contributed by atoms with Gasteiger partial charge in [-0.25, -0.2) is 4.79 Å². The largest absolute Gasteiger partial charge is 0.497 e. The fourth-order valence-corrected chi connectivity index (χ4v) is 2.05. The molecular formula is C18H19NO6. The number of benzene rings is 2. The highest BCUT2D eigenvalue weighted by molar-refractivity contribution is 5.95. The lowest BCUT2D eigenvalue weighted by molar-refractivity contribution is -0.119. The third-order valence-electron chi connectivity index (χ3n) is 3.33. The summed E-state index contributed by atoms with van der Waals surface area (Å²) in [6, 6.07) is 11.3. The zero-order valence-electron chi connectivity index (χ0n) is 14.2. The second-order valence-electron chi connectivity index (χ2n) is 4.92. The minimum atomic E-state index is -0.592. The highest BCUT2D eigenvalue weighted by atomic mass is 16.5. The van der Waals surface area contributed by atoms with Gasteiger partial charge in [-0.2, -0.15) is 0 Å². The maximum atomic E-state index is 11.9. The average molecular weight is 345 g/mol. The van der Waals surface area contributed by atoms with Crippen LogP contribution < -0.4 is 19.5 Å². The molecule has 0 aliphatic heterocycles. The molecule has 1 N–H and O–H groups in total. The van der Waals surface area contributed by atoms with Gasteiger partial charge in [-0.15, -0.1) is 0 Å². The first kappa shape index (κ1) is 18.1. The molecule has 0 aliphatic rings. The topological polar surface area (TPSA) is 83.1 Å². The number of carbonyl (C=O) groups is 2. The van der Waals surface area contributed by atoms with E-state index in [1.54, 1.807) is 42.5 Å². The van der Waals surface area contributed by atoms with E-state index in [4.69, 9.17) is 18.9 Å². The number of hydrogen-bond donors (Lipinski definition) is 1. The zero-order chi connectivity index (χ0) is 18.2. The van der Waals surface area contributed by atoms with Crippen LogP contribution in [0.2, 0.25) is 0 Å². The van der Waals surface area contributed by atoms with Crippen LogP contribution in [0.1, 0.15) is 10.4 Å². The number of rotatable bonds is 7. The fraction of sp³-hybridized carbons (Fsp3) is 0.222. The molecule has 0 radical (unpaired) electrons. The first-order valence-electron chi connectivity index (χ1n) is 7.40. The third kappa shape index (κ3) is 4.87. The van der Waals surface area contributed by atoms with Gasteiger partial charge in [0.2, 0.25) is 0 Å². The fourth-order valence-electron chi connectivity index (χ4n) is 2.05. The maximum Gasteiger partial charge on any atom is 0.338 e. The Labute approximate surface area is 145 Å². The lowest BCUT2D eigenvalue weighted by atomic mass is 10.2. The second-order valence-corrected chi connectivity index (χ2v) is 4.92. The van der Waals surface area contributed by atoms with Crippen LogP contribution in [0.4, 0.5) is 5.69 Å². The van der Waals surface area contributed by atoms with E-state index in [9.17, 15) is 9.59 Å². The van der Waals surface area contributed by atoms with Crippen molar-refractivity contribution in [2.24, 2.45) is 0 Å². The van der Waals surface area contributed by atoms with Crippen LogP contribution >= 0.6 is 0 Å². The minimum absolute atomic E-state index is 0.333. The molecule has 2 aromatic rings. The second kappa shape index (κ2) is 8.58. The molecule has 7 heteroatoms. The van der Waals surface area contributed by atoms with Gasteiger partial charge >= 0.3 is 5.97 Å². The van der Waals surface area contributed by atoms with Gasteiger partial charge in [0.15, 0.2) is 18.1 Å². The number of amides is 1. The lowest BCUT2D eigenvalue weighted by Crippen LogP contribution is -2.20. The van der Waals surface area contributed by atoms with E-state index in [-0.39, 0.29) is 0 Å². The van der Waals surface area contributed by atoms with Crippen LogP contribution in [-0.2, 0) is 9.53 Å². The number of nitrogens with one attached hydrogen (secondary N) is 1. The Bertz CT molecular complexity index is 742. The predicted molar refractivity (Wildman–Crippen MR) is 91.5 cm³/mol. The summed E-state index contributed by atoms with van der Waals surface area (Å²) in [7, 11) is 4.56. The van der Waals surface area contributed by atoms with E-state index in [0.717, 1.165) is 0 Å². The number of hydrogen-bond acceptors (Lipinski definition) is 6. The standard InChI is InChI=1S/C18H19NO6/c1-22-14-7-4-12(5-8-14)18(21)25-11-17(20)19-13-6-9-15(23-2)16(10-13)24-3/h4-10H,11H2,1-3H3,(H,19,20). The molecule has 0 saturated heterocycles. The van der Waals surface area contributed by atoms with E-state index in [1.807, 2.05) is 0 Å². The summed E-state index contributed by atoms with van der Waals surface area (Å²) in [4.78, 5) is 23.8. The normalized spacial score (nSPS) is 9.88. The molecule has 25 heavy (non-hydrogen) atoms. The molecule has 0 atom stereocenters. The van der Waals surface area contributed by atoms with Crippen LogP contribution in [0.3, 0.4) is 0 Å². The van der Waals surface area contributed by atoms with Crippen molar-refractivity contribution in [2.45, 2.75) is 0 Å². The molecule has 2 aromatic carbocycles. The van der Waals surface area contributed by atoms with Crippen LogP contribution in [0.15, 0.2) is 42.5 Å². The molecule has 0 unspecified atom stereocenters. The Morgan fingerprint density at radius 3 is 2.16 bits per heavy atom. The van der Waals surface area contributed by atoms with Gasteiger partial charge in [-0.1, -0.05) is 0 Å². The Balaban J connectivity index is 1.90. The van der Waals surface area contributed by atoms with Crippen molar-refractivity contribution in [1.82, 2.24) is 0 Å². The van der Waals surface area contributed by atoms with Crippen molar-refractivity contribution >= 4 is 17.6 Å². The zero-order valence-corrected chi connectivity index (χ0v) is 14.2. The van der Waals surface area contributed by atoms with Crippen molar-refractivity contribution in [2.75, 3.05) is 33.3 Å². The van der Waals surface area contributed by atoms with Gasteiger partial charge in [0.25, 0.3) is 5.91 Å². The highest BCUT2D eigenvalue weighted by Gasteiger charge is 2.12. The van der Waals surface area contributed by atoms with Gasteiger partial charge in [-0.3, -0.25) is 4.79 Å². The molecule has 0 spiro atoms. The molecule has 1 amide bonds. The SMILES string of the molecule is COc1ccc(C(=O)OCC(=O)Nc2ccc(OC)c(OC)c2)cc1. The monoisotopic (exact) mass is 345 g/mol. The van der Waals surface area contributed by atoms with Crippen LogP contribution in [0.5, 0.6) is 17.2 Å². The molecule has 2 rings (SSSR count). The van der Waals surface area contributed by atoms with Crippen molar-refractivity contribution < 1.29 is 28.5 Å². The van der Waals surface area contributed by atoms with E-state index in [1.165, 1.54) is 21.3 Å². The molecule has 0 aromatic heterocycles. The van der Waals surface area contributed by atoms with Crippen molar-refractivity contribution in [3.63, 3.8) is 0 Å². The third-order valence-corrected chi connectivity index (χ3v) is 3.33. The van der Waals surface area contributed by atoms with Gasteiger partial charge in [-0.05, 0) is 36.4 Å². The molecule has 0 fully saturated rings. The smallest absolute Gasteiger partial charge is 0.338 e. The Morgan fingerprint density at radius 1 is 0.880 bits per heavy atom. The molecular weight excluding hydrogens is 326 g/mol. The van der Waals surface area contributed by atoms with Crippen molar-refractivity contribution in [3.8, 4) is 17.2 Å². The van der Waals surface area contributed by atoms with Gasteiger partial charge in [0, 0.05) is 11.8 Å². The average Bonchev–Trinajstić information content (AvgIpc) is 2.66. The number of esters is 1. The number of carbonyl (C=O) groups excluding carboxylic acids is 2. The summed E-state index contributed by atoms with van der Waals surface area (Å²) in [5.41, 5.74) is 0.836. The number of methoxy groups -OCH3 is 3. The van der Waals surface area contributed by atoms with Gasteiger partial charge in [0.05, 0.1) is 26.9 Å². The van der Waals surface area contributed by atoms with Gasteiger partial charge in [0.1, 0.15) is 5.75 Å². The highest BCUT2D eigenvalue weighted by Crippen LogP contribution is 2.29. The Hall–Kier alpha value is -3.22. The van der Waals surface area contributed by atoms with E-state index in [2.05, 4.69) is 5.32 Å². The Morgan fingerprint density at radius 2 is 1.56 bits per heavy atom. The molecule has 132 valence electrons. The van der Waals surface area contributed by atoms with Crippen LogP contribution in [0.25, 0.3) is 0 Å². The summed E-state index contributed by atoms with van der Waals surface area (Å²) in [6.07, 6.45) is 0. The van der Waals surface area contributed by atoms with Crippen molar-refractivity contribution in [3.05, 3.63) is 48.0 Å². The number of anilines is 1. The number of ether oxygens (including phenoxy) is 4. The first-order valence-corrected chi connectivity index (χ1v) is 7.40. The quantitative estimate of drug-likeness (QED) is 0.777. The van der Waals surface area contributed by atoms with Crippen LogP contribution in [0, 0.1) is 0 Å². The molecule has 0 aliphatic carbocycles. The van der Waals surface area contributed by atoms with Crippen LogP contribution in [-0.4, -0.2) is 39.8 Å². The maximum absolute atomic E-state index is 11.9. The Kier molecular flexibility index (Phi) is 6.22. The summed E-state index contributed by atoms with van der Waals surface area (Å²) in [6.45, 7) is -0.404. The lowest BCUT2D eigenvalue weighted by Gasteiger charge is -2.11. The summed E-state index contributed by atoms with van der Waals surface area (Å²) < 4.78 is 20.3. The molecule has 0 heterocycles. The van der Waals surface area contributed by atoms with Gasteiger partial charge < -0.3 is 24.3 Å². The predicted octanol–water partition coefficient (Wildman–Crippen LogP) is 2.51.